The molecule has 0 aromatic heterocycles. The van der Waals surface area contributed by atoms with Crippen LogP contribution in [0.15, 0.2) is 24.3 Å². The van der Waals surface area contributed by atoms with Gasteiger partial charge in [0, 0.05) is 25.7 Å². The molecule has 4 nitrogen and oxygen atoms in total. The van der Waals surface area contributed by atoms with Crippen molar-refractivity contribution in [3.8, 4) is 0 Å². The number of halogens is 3. The molecule has 1 aromatic rings. The first-order valence-electron chi connectivity index (χ1n) is 7.02. The van der Waals surface area contributed by atoms with Crippen LogP contribution in [0.25, 0.3) is 0 Å². The van der Waals surface area contributed by atoms with Gasteiger partial charge in [-0.2, -0.15) is 13.2 Å². The van der Waals surface area contributed by atoms with E-state index in [0.29, 0.717) is 13.1 Å². The molecule has 0 N–H and O–H groups in total. The third-order valence-electron chi connectivity index (χ3n) is 3.62. The molecule has 0 radical (unpaired) electrons. The third-order valence-corrected chi connectivity index (χ3v) is 3.62. The lowest BCUT2D eigenvalue weighted by Gasteiger charge is -2.24. The molecule has 0 aliphatic carbocycles. The van der Waals surface area contributed by atoms with E-state index < -0.39 is 17.6 Å². The number of nitrogens with zero attached hydrogens (tertiary/aromatic N) is 2. The van der Waals surface area contributed by atoms with Gasteiger partial charge in [-0.1, -0.05) is 6.07 Å². The zero-order valence-corrected chi connectivity index (χ0v) is 12.2. The van der Waals surface area contributed by atoms with Crippen LogP contribution in [0.4, 0.5) is 18.9 Å². The predicted molar refractivity (Wildman–Crippen MR) is 75.3 cm³/mol. The number of hydrogen-bond donors (Lipinski definition) is 0. The minimum Gasteiger partial charge on any atom is -0.341 e. The number of carbonyl (C=O) groups excluding carboxylic acids is 2. The van der Waals surface area contributed by atoms with Gasteiger partial charge in [0.15, 0.2) is 0 Å². The van der Waals surface area contributed by atoms with Gasteiger partial charge in [-0.05, 0) is 31.0 Å². The summed E-state index contributed by atoms with van der Waals surface area (Å²) in [5.74, 6) is -0.711. The number of amides is 2. The molecule has 1 fully saturated rings. The first-order valence-corrected chi connectivity index (χ1v) is 7.02. The Morgan fingerprint density at radius 3 is 2.41 bits per heavy atom. The Morgan fingerprint density at radius 1 is 1.23 bits per heavy atom. The van der Waals surface area contributed by atoms with Gasteiger partial charge in [0.2, 0.25) is 11.8 Å². The summed E-state index contributed by atoms with van der Waals surface area (Å²) in [5, 5.41) is 0. The van der Waals surface area contributed by atoms with E-state index in [2.05, 4.69) is 0 Å². The lowest BCUT2D eigenvalue weighted by Crippen LogP contribution is -2.41. The number of carbonyl (C=O) groups is 2. The topological polar surface area (TPSA) is 40.6 Å². The summed E-state index contributed by atoms with van der Waals surface area (Å²) in [6.45, 7) is 2.26. The Labute approximate surface area is 126 Å². The molecule has 22 heavy (non-hydrogen) atoms. The lowest BCUT2D eigenvalue weighted by atomic mass is 10.1. The van der Waals surface area contributed by atoms with Gasteiger partial charge < -0.3 is 9.80 Å². The van der Waals surface area contributed by atoms with Gasteiger partial charge in [0.1, 0.15) is 6.54 Å². The van der Waals surface area contributed by atoms with Crippen LogP contribution in [0, 0.1) is 0 Å². The van der Waals surface area contributed by atoms with Crippen LogP contribution in [-0.4, -0.2) is 36.3 Å². The zero-order chi connectivity index (χ0) is 16.3. The van der Waals surface area contributed by atoms with Gasteiger partial charge in [-0.25, -0.2) is 0 Å². The average molecular weight is 314 g/mol. The van der Waals surface area contributed by atoms with Crippen molar-refractivity contribution in [2.24, 2.45) is 0 Å². The van der Waals surface area contributed by atoms with Gasteiger partial charge in [0.05, 0.1) is 5.56 Å². The molecule has 1 heterocycles. The van der Waals surface area contributed by atoms with E-state index in [1.54, 1.807) is 4.90 Å². The Morgan fingerprint density at radius 2 is 1.86 bits per heavy atom. The van der Waals surface area contributed by atoms with Gasteiger partial charge in [0.25, 0.3) is 0 Å². The van der Waals surface area contributed by atoms with Crippen LogP contribution in [0.5, 0.6) is 0 Å². The minimum absolute atomic E-state index is 0.0786. The van der Waals surface area contributed by atoms with E-state index in [1.165, 1.54) is 19.1 Å². The fourth-order valence-corrected chi connectivity index (χ4v) is 2.44. The summed E-state index contributed by atoms with van der Waals surface area (Å²) >= 11 is 0. The summed E-state index contributed by atoms with van der Waals surface area (Å²) in [4.78, 5) is 26.6. The predicted octanol–water partition coefficient (Wildman–Crippen LogP) is 2.68. The lowest BCUT2D eigenvalue weighted by molar-refractivity contribution is -0.137. The molecule has 0 atom stereocenters. The molecule has 7 heteroatoms. The normalized spacial score (nSPS) is 15.0. The summed E-state index contributed by atoms with van der Waals surface area (Å²) in [5.41, 5.74) is -0.764. The Hall–Kier alpha value is -2.05. The second kappa shape index (κ2) is 6.37. The summed E-state index contributed by atoms with van der Waals surface area (Å²) in [6, 6.07) is 4.45. The largest absolute Gasteiger partial charge is 0.416 e. The van der Waals surface area contributed by atoms with Gasteiger partial charge in [-0.3, -0.25) is 9.59 Å². The Kier molecular flexibility index (Phi) is 4.73. The number of hydrogen-bond acceptors (Lipinski definition) is 2. The third kappa shape index (κ3) is 3.78. The fourth-order valence-electron chi connectivity index (χ4n) is 2.44. The number of likely N-dealkylation sites (tertiary alicyclic amines) is 1. The maximum atomic E-state index is 12.8. The SMILES string of the molecule is CC(=O)N(CC(=O)N1CCCC1)c1cccc(C(F)(F)F)c1. The monoisotopic (exact) mass is 314 g/mol. The summed E-state index contributed by atoms with van der Waals surface area (Å²) in [7, 11) is 0. The highest BCUT2D eigenvalue weighted by atomic mass is 19.4. The summed E-state index contributed by atoms with van der Waals surface area (Å²) in [6.07, 6.45) is -2.66. The van der Waals surface area contributed by atoms with Crippen LogP contribution in [-0.2, 0) is 15.8 Å². The maximum absolute atomic E-state index is 12.8. The van der Waals surface area contributed by atoms with Crippen molar-refractivity contribution in [2.75, 3.05) is 24.5 Å². The molecule has 2 amide bonds. The molecule has 0 bridgehead atoms. The molecule has 0 saturated carbocycles. The van der Waals surface area contributed by atoms with Crippen LogP contribution in [0.2, 0.25) is 0 Å². The highest BCUT2D eigenvalue weighted by molar-refractivity contribution is 5.97. The molecule has 1 aliphatic rings. The van der Waals surface area contributed by atoms with E-state index in [-0.39, 0.29) is 18.1 Å². The van der Waals surface area contributed by atoms with Crippen LogP contribution >= 0.6 is 0 Å². The average Bonchev–Trinajstić information content (AvgIpc) is 2.97. The molecule has 2 rings (SSSR count). The van der Waals surface area contributed by atoms with Crippen molar-refractivity contribution in [2.45, 2.75) is 25.9 Å². The van der Waals surface area contributed by atoms with E-state index >= 15 is 0 Å². The molecule has 1 aliphatic heterocycles. The number of benzene rings is 1. The van der Waals surface area contributed by atoms with Crippen molar-refractivity contribution >= 4 is 17.5 Å². The van der Waals surface area contributed by atoms with Crippen LogP contribution < -0.4 is 4.90 Å². The first-order chi connectivity index (χ1) is 10.3. The highest BCUT2D eigenvalue weighted by Crippen LogP contribution is 2.31. The fraction of sp³-hybridized carbons (Fsp3) is 0.467. The highest BCUT2D eigenvalue weighted by Gasteiger charge is 2.31. The Balaban J connectivity index is 2.21. The van der Waals surface area contributed by atoms with E-state index in [1.807, 2.05) is 0 Å². The zero-order valence-electron chi connectivity index (χ0n) is 12.2. The van der Waals surface area contributed by atoms with E-state index in [4.69, 9.17) is 0 Å². The number of rotatable bonds is 3. The van der Waals surface area contributed by atoms with Crippen molar-refractivity contribution in [3.63, 3.8) is 0 Å². The molecule has 0 unspecified atom stereocenters. The quantitative estimate of drug-likeness (QED) is 0.860. The van der Waals surface area contributed by atoms with E-state index in [9.17, 15) is 22.8 Å². The van der Waals surface area contributed by atoms with E-state index in [0.717, 1.165) is 29.9 Å². The maximum Gasteiger partial charge on any atom is 0.416 e. The molecule has 0 spiro atoms. The van der Waals surface area contributed by atoms with Crippen molar-refractivity contribution in [1.82, 2.24) is 4.90 Å². The van der Waals surface area contributed by atoms with Crippen LogP contribution in [0.1, 0.15) is 25.3 Å². The summed E-state index contributed by atoms with van der Waals surface area (Å²) < 4.78 is 38.3. The first kappa shape index (κ1) is 16.3. The smallest absolute Gasteiger partial charge is 0.341 e. The number of alkyl halides is 3. The Bertz CT molecular complexity index is 566. The van der Waals surface area contributed by atoms with Crippen molar-refractivity contribution < 1.29 is 22.8 Å². The number of anilines is 1. The van der Waals surface area contributed by atoms with Gasteiger partial charge in [-0.15, -0.1) is 0 Å². The minimum atomic E-state index is -4.49. The van der Waals surface area contributed by atoms with Crippen molar-refractivity contribution in [1.29, 1.82) is 0 Å². The standard InChI is InChI=1S/C15H17F3N2O2/c1-11(21)20(10-14(22)19-7-2-3-8-19)13-6-4-5-12(9-13)15(16,17)18/h4-6,9H,2-3,7-8,10H2,1H3. The molecule has 1 saturated heterocycles. The second-order valence-electron chi connectivity index (χ2n) is 5.24. The van der Waals surface area contributed by atoms with Crippen LogP contribution in [0.3, 0.4) is 0 Å². The van der Waals surface area contributed by atoms with Gasteiger partial charge >= 0.3 is 6.18 Å². The molecular weight excluding hydrogens is 297 g/mol. The molecule has 1 aromatic carbocycles. The molecule has 120 valence electrons. The second-order valence-corrected chi connectivity index (χ2v) is 5.24. The van der Waals surface area contributed by atoms with Crippen molar-refractivity contribution in [3.05, 3.63) is 29.8 Å². The molecular formula is C15H17F3N2O2.